The van der Waals surface area contributed by atoms with Crippen molar-refractivity contribution in [2.45, 2.75) is 0 Å². The minimum Gasteiger partial charge on any atom is -0.314 e. The minimum absolute atomic E-state index is 0.473. The molecule has 1 aromatic carbocycles. The van der Waals surface area contributed by atoms with Crippen LogP contribution in [0.15, 0.2) is 22.7 Å². The van der Waals surface area contributed by atoms with Crippen LogP contribution in [0.3, 0.4) is 0 Å². The molecule has 1 aliphatic rings. The molecule has 2 rings (SSSR count). The predicted molar refractivity (Wildman–Crippen MR) is 76.1 cm³/mol. The maximum absolute atomic E-state index is 12.1. The zero-order valence-electron chi connectivity index (χ0n) is 9.49. The van der Waals surface area contributed by atoms with Crippen molar-refractivity contribution in [2.75, 3.05) is 30.9 Å². The van der Waals surface area contributed by atoms with Gasteiger partial charge in [-0.15, -0.1) is 0 Å². The Labute approximate surface area is 120 Å². The van der Waals surface area contributed by atoms with Crippen LogP contribution in [0.1, 0.15) is 0 Å². The van der Waals surface area contributed by atoms with Gasteiger partial charge in [-0.2, -0.15) is 12.7 Å². The molecule has 0 saturated carbocycles. The van der Waals surface area contributed by atoms with Gasteiger partial charge in [0.05, 0.1) is 5.69 Å². The summed E-state index contributed by atoms with van der Waals surface area (Å²) in [5.74, 6) is 0. The minimum atomic E-state index is -3.50. The molecule has 0 bridgehead atoms. The van der Waals surface area contributed by atoms with Crippen LogP contribution in [-0.2, 0) is 10.2 Å². The highest BCUT2D eigenvalue weighted by atomic mass is 79.9. The van der Waals surface area contributed by atoms with E-state index < -0.39 is 10.2 Å². The number of nitrogens with one attached hydrogen (secondary N) is 2. The normalized spacial score (nSPS) is 17.7. The van der Waals surface area contributed by atoms with Crippen molar-refractivity contribution in [2.24, 2.45) is 0 Å². The van der Waals surface area contributed by atoms with Gasteiger partial charge in [-0.1, -0.05) is 11.6 Å². The molecular formula is C10H13BrClN3O2S. The molecule has 1 heterocycles. The Hall–Kier alpha value is -0.340. The van der Waals surface area contributed by atoms with Gasteiger partial charge in [-0.3, -0.25) is 4.72 Å². The molecule has 0 aliphatic carbocycles. The largest absolute Gasteiger partial charge is 0.314 e. The van der Waals surface area contributed by atoms with E-state index in [9.17, 15) is 8.42 Å². The average Bonchev–Trinajstić information content (AvgIpc) is 2.34. The van der Waals surface area contributed by atoms with E-state index >= 15 is 0 Å². The summed E-state index contributed by atoms with van der Waals surface area (Å²) in [6.07, 6.45) is 0. The van der Waals surface area contributed by atoms with E-state index in [0.29, 0.717) is 41.4 Å². The fourth-order valence-electron chi connectivity index (χ4n) is 1.66. The third-order valence-corrected chi connectivity index (χ3v) is 5.00. The summed E-state index contributed by atoms with van der Waals surface area (Å²) in [5.41, 5.74) is 0.484. The van der Waals surface area contributed by atoms with Crippen molar-refractivity contribution in [1.29, 1.82) is 0 Å². The van der Waals surface area contributed by atoms with Gasteiger partial charge in [0.1, 0.15) is 0 Å². The Kier molecular flexibility index (Phi) is 4.50. The van der Waals surface area contributed by atoms with Crippen LogP contribution in [0.2, 0.25) is 5.02 Å². The second kappa shape index (κ2) is 5.75. The van der Waals surface area contributed by atoms with Gasteiger partial charge in [-0.25, -0.2) is 0 Å². The number of halogens is 2. The highest BCUT2D eigenvalue weighted by Gasteiger charge is 2.24. The maximum atomic E-state index is 12.1. The molecule has 100 valence electrons. The number of piperazine rings is 1. The first-order chi connectivity index (χ1) is 8.49. The van der Waals surface area contributed by atoms with Gasteiger partial charge >= 0.3 is 10.2 Å². The van der Waals surface area contributed by atoms with E-state index in [1.807, 2.05) is 0 Å². The first kappa shape index (κ1) is 14.1. The summed E-state index contributed by atoms with van der Waals surface area (Å²) in [6.45, 7) is 2.28. The van der Waals surface area contributed by atoms with Crippen molar-refractivity contribution in [1.82, 2.24) is 9.62 Å². The van der Waals surface area contributed by atoms with Gasteiger partial charge in [0.2, 0.25) is 0 Å². The molecule has 0 amide bonds. The number of benzene rings is 1. The lowest BCUT2D eigenvalue weighted by molar-refractivity contribution is 0.362. The predicted octanol–water partition coefficient (Wildman–Crippen LogP) is 1.66. The molecule has 0 aromatic heterocycles. The van der Waals surface area contributed by atoms with E-state index in [-0.39, 0.29) is 0 Å². The topological polar surface area (TPSA) is 61.4 Å². The first-order valence-corrected chi connectivity index (χ1v) is 8.04. The first-order valence-electron chi connectivity index (χ1n) is 5.43. The van der Waals surface area contributed by atoms with Gasteiger partial charge in [-0.05, 0) is 34.1 Å². The van der Waals surface area contributed by atoms with Crippen LogP contribution in [0, 0.1) is 0 Å². The van der Waals surface area contributed by atoms with Gasteiger partial charge in [0.25, 0.3) is 0 Å². The molecule has 0 atom stereocenters. The molecular weight excluding hydrogens is 342 g/mol. The number of rotatable bonds is 3. The second-order valence-corrected chi connectivity index (χ2v) is 6.84. The van der Waals surface area contributed by atoms with E-state index in [0.717, 1.165) is 0 Å². The molecule has 2 N–H and O–H groups in total. The van der Waals surface area contributed by atoms with E-state index in [2.05, 4.69) is 26.0 Å². The number of anilines is 1. The number of hydrogen-bond donors (Lipinski definition) is 2. The number of nitrogens with zero attached hydrogens (tertiary/aromatic N) is 1. The molecule has 1 aliphatic heterocycles. The fourth-order valence-corrected chi connectivity index (χ4v) is 3.82. The molecule has 1 fully saturated rings. The monoisotopic (exact) mass is 353 g/mol. The van der Waals surface area contributed by atoms with Crippen molar-refractivity contribution in [3.05, 3.63) is 27.7 Å². The fraction of sp³-hybridized carbons (Fsp3) is 0.400. The Bertz CT molecular complexity index is 532. The summed E-state index contributed by atoms with van der Waals surface area (Å²) < 4.78 is 28.8. The zero-order valence-corrected chi connectivity index (χ0v) is 12.6. The highest BCUT2D eigenvalue weighted by molar-refractivity contribution is 9.10. The molecule has 18 heavy (non-hydrogen) atoms. The lowest BCUT2D eigenvalue weighted by atomic mass is 10.3. The van der Waals surface area contributed by atoms with Gasteiger partial charge < -0.3 is 5.32 Å². The zero-order chi connectivity index (χ0) is 13.2. The Balaban J connectivity index is 2.16. The van der Waals surface area contributed by atoms with Crippen molar-refractivity contribution < 1.29 is 8.42 Å². The Morgan fingerprint density at radius 2 is 2.00 bits per heavy atom. The van der Waals surface area contributed by atoms with Gasteiger partial charge in [0, 0.05) is 35.7 Å². The highest BCUT2D eigenvalue weighted by Crippen LogP contribution is 2.27. The molecule has 0 radical (unpaired) electrons. The quantitative estimate of drug-likeness (QED) is 0.868. The molecule has 1 aromatic rings. The van der Waals surface area contributed by atoms with Crippen LogP contribution < -0.4 is 10.0 Å². The summed E-state index contributed by atoms with van der Waals surface area (Å²) in [6, 6.07) is 4.92. The van der Waals surface area contributed by atoms with Crippen molar-refractivity contribution in [3.63, 3.8) is 0 Å². The van der Waals surface area contributed by atoms with Crippen LogP contribution in [0.5, 0.6) is 0 Å². The Morgan fingerprint density at radius 1 is 1.33 bits per heavy atom. The summed E-state index contributed by atoms with van der Waals surface area (Å²) in [4.78, 5) is 0. The standard InChI is InChI=1S/C10H13BrClN3O2S/c11-9-7-8(12)1-2-10(9)14-18(16,17)15-5-3-13-4-6-15/h1-2,7,13-14H,3-6H2. The molecule has 0 spiro atoms. The maximum Gasteiger partial charge on any atom is 0.301 e. The lowest BCUT2D eigenvalue weighted by Gasteiger charge is -2.27. The molecule has 1 saturated heterocycles. The third-order valence-electron chi connectivity index (χ3n) is 2.59. The molecule has 8 heteroatoms. The third kappa shape index (κ3) is 3.36. The lowest BCUT2D eigenvalue weighted by Crippen LogP contribution is -2.48. The number of hydrogen-bond acceptors (Lipinski definition) is 3. The van der Waals surface area contributed by atoms with E-state index in [4.69, 9.17) is 11.6 Å². The molecule has 0 unspecified atom stereocenters. The molecule has 5 nitrogen and oxygen atoms in total. The van der Waals surface area contributed by atoms with Crippen molar-refractivity contribution in [3.8, 4) is 0 Å². The summed E-state index contributed by atoms with van der Waals surface area (Å²) >= 11 is 9.09. The summed E-state index contributed by atoms with van der Waals surface area (Å²) in [5, 5.41) is 3.66. The average molecular weight is 355 g/mol. The summed E-state index contributed by atoms with van der Waals surface area (Å²) in [7, 11) is -3.50. The second-order valence-electron chi connectivity index (χ2n) is 3.88. The van der Waals surface area contributed by atoms with Crippen LogP contribution in [0.25, 0.3) is 0 Å². The van der Waals surface area contributed by atoms with Crippen molar-refractivity contribution >= 4 is 43.4 Å². The smallest absolute Gasteiger partial charge is 0.301 e. The van der Waals surface area contributed by atoms with E-state index in [1.165, 1.54) is 4.31 Å². The van der Waals surface area contributed by atoms with Crippen LogP contribution in [0.4, 0.5) is 5.69 Å². The van der Waals surface area contributed by atoms with E-state index in [1.54, 1.807) is 18.2 Å². The Morgan fingerprint density at radius 3 is 2.61 bits per heavy atom. The van der Waals surface area contributed by atoms with Crippen LogP contribution in [-0.4, -0.2) is 38.9 Å². The van der Waals surface area contributed by atoms with Crippen LogP contribution >= 0.6 is 27.5 Å². The SMILES string of the molecule is O=S(=O)(Nc1ccc(Cl)cc1Br)N1CCNCC1. The van der Waals surface area contributed by atoms with Gasteiger partial charge in [0.15, 0.2) is 0 Å².